The van der Waals surface area contributed by atoms with Gasteiger partial charge in [-0.15, -0.1) is 0 Å². The van der Waals surface area contributed by atoms with Crippen molar-refractivity contribution in [2.75, 3.05) is 0 Å². The molecule has 1 nitrogen and oxygen atoms in total. The highest BCUT2D eigenvalue weighted by molar-refractivity contribution is 5.53. The summed E-state index contributed by atoms with van der Waals surface area (Å²) in [4.78, 5) is 0. The molecule has 0 bridgehead atoms. The molecule has 0 aromatic heterocycles. The van der Waals surface area contributed by atoms with E-state index in [9.17, 15) is 5.11 Å². The van der Waals surface area contributed by atoms with Gasteiger partial charge in [-0.3, -0.25) is 0 Å². The fourth-order valence-electron chi connectivity index (χ4n) is 2.83. The van der Waals surface area contributed by atoms with Crippen LogP contribution in [0.25, 0.3) is 0 Å². The molecule has 0 aliphatic heterocycles. The molecule has 0 saturated carbocycles. The van der Waals surface area contributed by atoms with Gasteiger partial charge >= 0.3 is 0 Å². The van der Waals surface area contributed by atoms with Crippen LogP contribution in [0.2, 0.25) is 0 Å². The highest BCUT2D eigenvalue weighted by Crippen LogP contribution is 2.22. The third kappa shape index (κ3) is 3.11. The van der Waals surface area contributed by atoms with E-state index < -0.39 is 0 Å². The monoisotopic (exact) mass is 276 g/mol. The van der Waals surface area contributed by atoms with E-state index in [4.69, 9.17) is 0 Å². The first-order valence-electron chi connectivity index (χ1n) is 7.72. The Morgan fingerprint density at radius 2 is 1.62 bits per heavy atom. The molecule has 1 aliphatic carbocycles. The zero-order valence-corrected chi connectivity index (χ0v) is 12.4. The SMILES string of the molecule is CCCCc1ccc2c(c1)CCc1cc(O)ccc1C#C2. The van der Waals surface area contributed by atoms with E-state index in [1.54, 1.807) is 6.07 Å². The van der Waals surface area contributed by atoms with Crippen LogP contribution >= 0.6 is 0 Å². The van der Waals surface area contributed by atoms with Crippen molar-refractivity contribution < 1.29 is 5.11 Å². The van der Waals surface area contributed by atoms with E-state index in [0.717, 1.165) is 36.0 Å². The molecular weight excluding hydrogens is 256 g/mol. The molecule has 3 rings (SSSR count). The van der Waals surface area contributed by atoms with E-state index >= 15 is 0 Å². The standard InChI is InChI=1S/C20H20O/c1-2-3-4-15-5-6-16-7-8-17-11-12-20(21)14-19(17)10-9-18(16)13-15/h5-6,11-14,21H,2-4,9-10H2,1H3. The van der Waals surface area contributed by atoms with Crippen molar-refractivity contribution >= 4 is 0 Å². The summed E-state index contributed by atoms with van der Waals surface area (Å²) in [7, 11) is 0. The Morgan fingerprint density at radius 1 is 0.952 bits per heavy atom. The van der Waals surface area contributed by atoms with Crippen molar-refractivity contribution in [3.63, 3.8) is 0 Å². The lowest BCUT2D eigenvalue weighted by Crippen LogP contribution is -2.01. The van der Waals surface area contributed by atoms with Crippen LogP contribution in [0.4, 0.5) is 0 Å². The van der Waals surface area contributed by atoms with Crippen LogP contribution in [-0.2, 0) is 19.3 Å². The minimum atomic E-state index is 0.327. The number of unbranched alkanes of at least 4 members (excludes halogenated alkanes) is 1. The molecule has 1 heteroatoms. The van der Waals surface area contributed by atoms with Gasteiger partial charge in [-0.25, -0.2) is 0 Å². The molecule has 1 N–H and O–H groups in total. The highest BCUT2D eigenvalue weighted by atomic mass is 16.3. The number of phenolic OH excluding ortho intramolecular Hbond substituents is 1. The number of phenols is 1. The van der Waals surface area contributed by atoms with Crippen LogP contribution in [-0.4, -0.2) is 5.11 Å². The number of aromatic hydroxyl groups is 1. The van der Waals surface area contributed by atoms with Crippen LogP contribution in [0.5, 0.6) is 5.75 Å². The van der Waals surface area contributed by atoms with Gasteiger partial charge in [0.1, 0.15) is 5.75 Å². The maximum atomic E-state index is 9.64. The first-order chi connectivity index (χ1) is 10.3. The molecule has 0 atom stereocenters. The van der Waals surface area contributed by atoms with E-state index in [-0.39, 0.29) is 0 Å². The minimum Gasteiger partial charge on any atom is -0.508 e. The van der Waals surface area contributed by atoms with Gasteiger partial charge in [-0.2, -0.15) is 0 Å². The van der Waals surface area contributed by atoms with Crippen molar-refractivity contribution in [3.05, 3.63) is 64.2 Å². The zero-order valence-electron chi connectivity index (χ0n) is 12.4. The van der Waals surface area contributed by atoms with Crippen molar-refractivity contribution in [1.29, 1.82) is 0 Å². The summed E-state index contributed by atoms with van der Waals surface area (Å²) in [5.74, 6) is 6.87. The second kappa shape index (κ2) is 6.06. The highest BCUT2D eigenvalue weighted by Gasteiger charge is 2.09. The summed E-state index contributed by atoms with van der Waals surface area (Å²) in [5.41, 5.74) is 6.08. The second-order valence-corrected chi connectivity index (χ2v) is 5.69. The predicted molar refractivity (Wildman–Crippen MR) is 86.5 cm³/mol. The fraction of sp³-hybridized carbons (Fsp3) is 0.300. The molecule has 2 aromatic rings. The Hall–Kier alpha value is -2.20. The van der Waals surface area contributed by atoms with E-state index in [1.807, 2.05) is 12.1 Å². The van der Waals surface area contributed by atoms with Crippen LogP contribution in [0, 0.1) is 11.8 Å². The van der Waals surface area contributed by atoms with E-state index in [2.05, 4.69) is 37.0 Å². The normalized spacial score (nSPS) is 12.4. The third-order valence-corrected chi connectivity index (χ3v) is 4.07. The Bertz CT molecular complexity index is 716. The summed E-state index contributed by atoms with van der Waals surface area (Å²) in [6.07, 6.45) is 5.53. The van der Waals surface area contributed by atoms with Gasteiger partial charge in [0.2, 0.25) is 0 Å². The minimum absolute atomic E-state index is 0.327. The molecule has 1 aliphatic rings. The van der Waals surface area contributed by atoms with Gasteiger partial charge in [-0.05, 0) is 66.6 Å². The Balaban J connectivity index is 1.95. The van der Waals surface area contributed by atoms with Crippen molar-refractivity contribution in [2.24, 2.45) is 0 Å². The molecule has 0 heterocycles. The molecule has 21 heavy (non-hydrogen) atoms. The number of hydrogen-bond donors (Lipinski definition) is 1. The molecule has 106 valence electrons. The lowest BCUT2D eigenvalue weighted by molar-refractivity contribution is 0.474. The van der Waals surface area contributed by atoms with Crippen molar-refractivity contribution in [2.45, 2.75) is 39.0 Å². The Labute approximate surface area is 126 Å². The van der Waals surface area contributed by atoms with Gasteiger partial charge in [-0.1, -0.05) is 37.3 Å². The maximum Gasteiger partial charge on any atom is 0.115 e. The molecule has 0 amide bonds. The van der Waals surface area contributed by atoms with Gasteiger partial charge in [0.05, 0.1) is 0 Å². The molecule has 0 fully saturated rings. The average Bonchev–Trinajstić information content (AvgIpc) is 2.48. The number of hydrogen-bond acceptors (Lipinski definition) is 1. The Kier molecular flexibility index (Phi) is 3.97. The molecule has 0 unspecified atom stereocenters. The van der Waals surface area contributed by atoms with Gasteiger partial charge in [0.15, 0.2) is 0 Å². The van der Waals surface area contributed by atoms with Crippen LogP contribution < -0.4 is 0 Å². The van der Waals surface area contributed by atoms with Crippen molar-refractivity contribution in [1.82, 2.24) is 0 Å². The first-order valence-corrected chi connectivity index (χ1v) is 7.72. The molecule has 0 spiro atoms. The quantitative estimate of drug-likeness (QED) is 0.832. The summed E-state index contributed by atoms with van der Waals surface area (Å²) < 4.78 is 0. The average molecular weight is 276 g/mol. The lowest BCUT2D eigenvalue weighted by Gasteiger charge is -2.12. The van der Waals surface area contributed by atoms with Gasteiger partial charge in [0.25, 0.3) is 0 Å². The topological polar surface area (TPSA) is 20.2 Å². The fourth-order valence-corrected chi connectivity index (χ4v) is 2.83. The summed E-state index contributed by atoms with van der Waals surface area (Å²) >= 11 is 0. The van der Waals surface area contributed by atoms with E-state index in [1.165, 1.54) is 24.0 Å². The third-order valence-electron chi connectivity index (χ3n) is 4.07. The predicted octanol–water partition coefficient (Wildman–Crippen LogP) is 4.23. The largest absolute Gasteiger partial charge is 0.508 e. The Morgan fingerprint density at radius 3 is 2.33 bits per heavy atom. The maximum absolute atomic E-state index is 9.64. The van der Waals surface area contributed by atoms with E-state index in [0.29, 0.717) is 5.75 Å². The van der Waals surface area contributed by atoms with Crippen LogP contribution in [0.1, 0.15) is 47.6 Å². The number of benzene rings is 2. The smallest absolute Gasteiger partial charge is 0.115 e. The summed E-state index contributed by atoms with van der Waals surface area (Å²) in [6.45, 7) is 2.22. The first kappa shape index (κ1) is 13.8. The van der Waals surface area contributed by atoms with Crippen LogP contribution in [0.15, 0.2) is 36.4 Å². The van der Waals surface area contributed by atoms with Crippen LogP contribution in [0.3, 0.4) is 0 Å². The molecular formula is C20H20O. The molecule has 2 aromatic carbocycles. The van der Waals surface area contributed by atoms with Gasteiger partial charge in [0, 0.05) is 11.1 Å². The number of rotatable bonds is 3. The van der Waals surface area contributed by atoms with Gasteiger partial charge < -0.3 is 5.11 Å². The zero-order chi connectivity index (χ0) is 14.7. The number of fused-ring (bicyclic) bond motifs is 2. The van der Waals surface area contributed by atoms with Crippen molar-refractivity contribution in [3.8, 4) is 17.6 Å². The number of aryl methyl sites for hydroxylation is 3. The molecule has 0 radical (unpaired) electrons. The summed E-state index contributed by atoms with van der Waals surface area (Å²) in [5, 5.41) is 9.64. The molecule has 0 saturated heterocycles. The second-order valence-electron chi connectivity index (χ2n) is 5.69. The summed E-state index contributed by atoms with van der Waals surface area (Å²) in [6, 6.07) is 12.2. The lowest BCUT2D eigenvalue weighted by atomic mass is 9.92.